The summed E-state index contributed by atoms with van der Waals surface area (Å²) in [6.45, 7) is 1.82. The van der Waals surface area contributed by atoms with Crippen molar-refractivity contribution in [2.75, 3.05) is 0 Å². The molecule has 0 amide bonds. The molecule has 0 aliphatic carbocycles. The number of aromatic nitrogens is 1. The molecule has 2 aromatic rings. The van der Waals surface area contributed by atoms with Crippen molar-refractivity contribution in [1.29, 1.82) is 0 Å². The summed E-state index contributed by atoms with van der Waals surface area (Å²) in [5.41, 5.74) is 1.27. The molecule has 0 bridgehead atoms. The minimum atomic E-state index is -3.71. The minimum absolute atomic E-state index is 0.0816. The number of nitrogens with two attached hydrogens (primary N) is 1. The van der Waals surface area contributed by atoms with Gasteiger partial charge in [0, 0.05) is 11.6 Å². The molecule has 0 aliphatic heterocycles. The summed E-state index contributed by atoms with van der Waals surface area (Å²) in [4.78, 5) is 4.11. The molecular formula is C10H10N2O2S. The van der Waals surface area contributed by atoms with Gasteiger partial charge in [-0.2, -0.15) is 0 Å². The number of hydrogen-bond donors (Lipinski definition) is 1. The first-order valence-electron chi connectivity index (χ1n) is 4.37. The molecule has 0 saturated carbocycles. The Morgan fingerprint density at radius 1 is 1.33 bits per heavy atom. The predicted octanol–water partition coefficient (Wildman–Crippen LogP) is 1.19. The number of rotatable bonds is 1. The molecule has 0 spiro atoms. The highest BCUT2D eigenvalue weighted by Crippen LogP contribution is 2.21. The molecule has 78 valence electrons. The van der Waals surface area contributed by atoms with Crippen molar-refractivity contribution in [2.24, 2.45) is 5.14 Å². The van der Waals surface area contributed by atoms with Gasteiger partial charge in [0.1, 0.15) is 4.90 Å². The quantitative estimate of drug-likeness (QED) is 0.787. The fourth-order valence-corrected chi connectivity index (χ4v) is 2.31. The van der Waals surface area contributed by atoms with Crippen molar-refractivity contribution in [3.05, 3.63) is 36.0 Å². The number of aryl methyl sites for hydroxylation is 1. The van der Waals surface area contributed by atoms with E-state index in [0.29, 0.717) is 5.52 Å². The molecule has 0 radical (unpaired) electrons. The van der Waals surface area contributed by atoms with Crippen molar-refractivity contribution < 1.29 is 8.42 Å². The lowest BCUT2D eigenvalue weighted by molar-refractivity contribution is 0.598. The first-order valence-corrected chi connectivity index (χ1v) is 5.91. The average Bonchev–Trinajstić information content (AvgIpc) is 2.15. The van der Waals surface area contributed by atoms with E-state index in [1.807, 2.05) is 19.1 Å². The van der Waals surface area contributed by atoms with Crippen LogP contribution in [0.3, 0.4) is 0 Å². The second kappa shape index (κ2) is 3.29. The zero-order valence-electron chi connectivity index (χ0n) is 8.14. The summed E-state index contributed by atoms with van der Waals surface area (Å²) in [7, 11) is -3.71. The van der Waals surface area contributed by atoms with Gasteiger partial charge in [-0.05, 0) is 30.7 Å². The van der Waals surface area contributed by atoms with Crippen LogP contribution in [0.5, 0.6) is 0 Å². The van der Waals surface area contributed by atoms with Gasteiger partial charge in [0.05, 0.1) is 5.52 Å². The van der Waals surface area contributed by atoms with E-state index >= 15 is 0 Å². The van der Waals surface area contributed by atoms with Crippen LogP contribution in [0.15, 0.2) is 35.4 Å². The monoisotopic (exact) mass is 222 g/mol. The average molecular weight is 222 g/mol. The van der Waals surface area contributed by atoms with Gasteiger partial charge in [0.15, 0.2) is 0 Å². The van der Waals surface area contributed by atoms with Gasteiger partial charge in [0.25, 0.3) is 0 Å². The number of sulfonamides is 1. The largest absolute Gasteiger partial charge is 0.255 e. The van der Waals surface area contributed by atoms with Gasteiger partial charge in [-0.25, -0.2) is 13.6 Å². The molecule has 15 heavy (non-hydrogen) atoms. The fourth-order valence-electron chi connectivity index (χ4n) is 1.52. The van der Waals surface area contributed by atoms with Gasteiger partial charge in [-0.15, -0.1) is 0 Å². The Bertz CT molecular complexity index is 620. The highest BCUT2D eigenvalue weighted by atomic mass is 32.2. The molecule has 0 saturated heterocycles. The van der Waals surface area contributed by atoms with Gasteiger partial charge >= 0.3 is 0 Å². The lowest BCUT2D eigenvalue weighted by Crippen LogP contribution is -2.13. The Labute approximate surface area is 87.8 Å². The van der Waals surface area contributed by atoms with E-state index in [2.05, 4.69) is 4.98 Å². The molecule has 1 heterocycles. The summed E-state index contributed by atoms with van der Waals surface area (Å²) in [5.74, 6) is 0. The van der Waals surface area contributed by atoms with Crippen LogP contribution in [0, 0.1) is 6.92 Å². The molecule has 0 unspecified atom stereocenters. The van der Waals surface area contributed by atoms with E-state index in [1.165, 1.54) is 6.07 Å². The number of hydrogen-bond acceptors (Lipinski definition) is 3. The molecule has 2 rings (SSSR count). The second-order valence-corrected chi connectivity index (χ2v) is 4.91. The van der Waals surface area contributed by atoms with Gasteiger partial charge < -0.3 is 0 Å². The zero-order chi connectivity index (χ0) is 11.1. The van der Waals surface area contributed by atoms with Crippen LogP contribution >= 0.6 is 0 Å². The summed E-state index contributed by atoms with van der Waals surface area (Å²) in [5, 5.41) is 5.90. The van der Waals surface area contributed by atoms with Gasteiger partial charge in [-0.1, -0.05) is 6.07 Å². The van der Waals surface area contributed by atoms with Crippen molar-refractivity contribution in [3.8, 4) is 0 Å². The van der Waals surface area contributed by atoms with Crippen LogP contribution in [-0.2, 0) is 10.0 Å². The first-order chi connectivity index (χ1) is 6.98. The normalized spacial score (nSPS) is 11.9. The minimum Gasteiger partial charge on any atom is -0.255 e. The van der Waals surface area contributed by atoms with Crippen molar-refractivity contribution >= 4 is 20.9 Å². The maximum absolute atomic E-state index is 11.3. The fraction of sp³-hybridized carbons (Fsp3) is 0.100. The highest BCUT2D eigenvalue weighted by molar-refractivity contribution is 7.89. The second-order valence-electron chi connectivity index (χ2n) is 3.38. The maximum atomic E-state index is 11.3. The number of benzene rings is 1. The Morgan fingerprint density at radius 3 is 2.73 bits per heavy atom. The van der Waals surface area contributed by atoms with E-state index in [4.69, 9.17) is 5.14 Å². The van der Waals surface area contributed by atoms with E-state index in [-0.39, 0.29) is 4.90 Å². The third-order valence-corrected chi connectivity index (χ3v) is 3.05. The molecule has 4 nitrogen and oxygen atoms in total. The smallest absolute Gasteiger partial charge is 0.240 e. The van der Waals surface area contributed by atoms with Crippen LogP contribution < -0.4 is 5.14 Å². The molecule has 0 atom stereocenters. The lowest BCUT2D eigenvalue weighted by atomic mass is 10.1. The summed E-state index contributed by atoms with van der Waals surface area (Å²) < 4.78 is 22.7. The zero-order valence-corrected chi connectivity index (χ0v) is 8.95. The van der Waals surface area contributed by atoms with Crippen molar-refractivity contribution in [2.45, 2.75) is 11.8 Å². The topological polar surface area (TPSA) is 73.1 Å². The van der Waals surface area contributed by atoms with Crippen LogP contribution in [0.1, 0.15) is 5.56 Å². The molecule has 0 fully saturated rings. The highest BCUT2D eigenvalue weighted by Gasteiger charge is 2.13. The SMILES string of the molecule is Cc1cc(S(N)(=O)=O)c2ncccc2c1. The standard InChI is InChI=1S/C10H10N2O2S/c1-7-5-8-3-2-4-12-10(8)9(6-7)15(11,13)14/h2-6H,1H3,(H2,11,13,14). The number of fused-ring (bicyclic) bond motifs is 1. The van der Waals surface area contributed by atoms with Crippen LogP contribution in [-0.4, -0.2) is 13.4 Å². The number of pyridine rings is 1. The van der Waals surface area contributed by atoms with Crippen molar-refractivity contribution in [1.82, 2.24) is 4.98 Å². The first kappa shape index (κ1) is 10.1. The van der Waals surface area contributed by atoms with Gasteiger partial charge in [-0.3, -0.25) is 4.98 Å². The van der Waals surface area contributed by atoms with Crippen LogP contribution in [0.25, 0.3) is 10.9 Å². The molecular weight excluding hydrogens is 212 g/mol. The Morgan fingerprint density at radius 2 is 2.07 bits per heavy atom. The summed E-state index contributed by atoms with van der Waals surface area (Å²) in [6.07, 6.45) is 1.55. The van der Waals surface area contributed by atoms with Crippen LogP contribution in [0.4, 0.5) is 0 Å². The van der Waals surface area contributed by atoms with Gasteiger partial charge in [0.2, 0.25) is 10.0 Å². The van der Waals surface area contributed by atoms with E-state index < -0.39 is 10.0 Å². The van der Waals surface area contributed by atoms with Crippen LogP contribution in [0.2, 0.25) is 0 Å². The molecule has 1 aromatic heterocycles. The van der Waals surface area contributed by atoms with E-state index in [9.17, 15) is 8.42 Å². The number of primary sulfonamides is 1. The predicted molar refractivity (Wildman–Crippen MR) is 57.9 cm³/mol. The third-order valence-electron chi connectivity index (χ3n) is 2.12. The molecule has 0 aliphatic rings. The maximum Gasteiger partial charge on any atom is 0.240 e. The Kier molecular flexibility index (Phi) is 2.21. The lowest BCUT2D eigenvalue weighted by Gasteiger charge is -2.04. The number of nitrogens with zero attached hydrogens (tertiary/aromatic N) is 1. The molecule has 1 aromatic carbocycles. The van der Waals surface area contributed by atoms with E-state index in [1.54, 1.807) is 12.3 Å². The molecule has 2 N–H and O–H groups in total. The summed E-state index contributed by atoms with van der Waals surface area (Å²) >= 11 is 0. The third kappa shape index (κ3) is 1.84. The summed E-state index contributed by atoms with van der Waals surface area (Å²) in [6, 6.07) is 6.97. The molecule has 5 heteroatoms. The Balaban J connectivity index is 2.96. The van der Waals surface area contributed by atoms with Crippen molar-refractivity contribution in [3.63, 3.8) is 0 Å². The van der Waals surface area contributed by atoms with E-state index in [0.717, 1.165) is 10.9 Å². The Hall–Kier alpha value is -1.46.